The van der Waals surface area contributed by atoms with E-state index in [1.807, 2.05) is 18.2 Å². The number of methoxy groups -OCH3 is 2. The highest BCUT2D eigenvalue weighted by molar-refractivity contribution is 5.57. The van der Waals surface area contributed by atoms with Crippen LogP contribution in [0.5, 0.6) is 11.5 Å². The van der Waals surface area contributed by atoms with E-state index >= 15 is 0 Å². The SMILES string of the molecule is COc1ccc(CNc2c(C)cccc2C)cc1OC. The molecule has 0 bridgehead atoms. The molecule has 0 heterocycles. The molecule has 2 rings (SSSR count). The van der Waals surface area contributed by atoms with Gasteiger partial charge in [0.15, 0.2) is 11.5 Å². The molecule has 106 valence electrons. The maximum atomic E-state index is 5.32. The van der Waals surface area contributed by atoms with Crippen molar-refractivity contribution >= 4 is 5.69 Å². The molecule has 0 spiro atoms. The van der Waals surface area contributed by atoms with E-state index in [0.29, 0.717) is 0 Å². The van der Waals surface area contributed by atoms with Gasteiger partial charge in [-0.25, -0.2) is 0 Å². The molecular formula is C17H21NO2. The van der Waals surface area contributed by atoms with E-state index < -0.39 is 0 Å². The molecular weight excluding hydrogens is 250 g/mol. The summed E-state index contributed by atoms with van der Waals surface area (Å²) < 4.78 is 10.6. The van der Waals surface area contributed by atoms with Crippen LogP contribution < -0.4 is 14.8 Å². The molecule has 3 heteroatoms. The summed E-state index contributed by atoms with van der Waals surface area (Å²) in [5, 5.41) is 3.49. The van der Waals surface area contributed by atoms with Crippen molar-refractivity contribution in [3.05, 3.63) is 53.1 Å². The fraction of sp³-hybridized carbons (Fsp3) is 0.294. The Morgan fingerprint density at radius 1 is 0.900 bits per heavy atom. The zero-order valence-corrected chi connectivity index (χ0v) is 12.5. The number of rotatable bonds is 5. The predicted octanol–water partition coefficient (Wildman–Crippen LogP) is 3.93. The van der Waals surface area contributed by atoms with Crippen molar-refractivity contribution in [1.29, 1.82) is 0 Å². The van der Waals surface area contributed by atoms with Crippen LogP contribution in [-0.4, -0.2) is 14.2 Å². The van der Waals surface area contributed by atoms with Crippen LogP contribution in [0.3, 0.4) is 0 Å². The maximum Gasteiger partial charge on any atom is 0.161 e. The highest BCUT2D eigenvalue weighted by atomic mass is 16.5. The Bertz CT molecular complexity index is 573. The summed E-state index contributed by atoms with van der Waals surface area (Å²) in [6.07, 6.45) is 0. The first kappa shape index (κ1) is 14.3. The van der Waals surface area contributed by atoms with Crippen molar-refractivity contribution in [1.82, 2.24) is 0 Å². The standard InChI is InChI=1S/C17H21NO2/c1-12-6-5-7-13(2)17(12)18-11-14-8-9-15(19-3)16(10-14)20-4/h5-10,18H,11H2,1-4H3. The van der Waals surface area contributed by atoms with E-state index in [9.17, 15) is 0 Å². The molecule has 0 aliphatic heterocycles. The van der Waals surface area contributed by atoms with Gasteiger partial charge in [0.1, 0.15) is 0 Å². The number of nitrogens with one attached hydrogen (secondary N) is 1. The zero-order valence-electron chi connectivity index (χ0n) is 12.5. The van der Waals surface area contributed by atoms with E-state index in [-0.39, 0.29) is 0 Å². The van der Waals surface area contributed by atoms with Crippen LogP contribution in [0.1, 0.15) is 16.7 Å². The Labute approximate surface area is 120 Å². The number of aryl methyl sites for hydroxylation is 2. The van der Waals surface area contributed by atoms with Gasteiger partial charge in [0.25, 0.3) is 0 Å². The minimum absolute atomic E-state index is 0.753. The fourth-order valence-electron chi connectivity index (χ4n) is 2.27. The van der Waals surface area contributed by atoms with Crippen LogP contribution in [0, 0.1) is 13.8 Å². The van der Waals surface area contributed by atoms with Crippen LogP contribution in [-0.2, 0) is 6.54 Å². The van der Waals surface area contributed by atoms with Crippen molar-refractivity contribution in [2.24, 2.45) is 0 Å². The molecule has 0 amide bonds. The first-order valence-corrected chi connectivity index (χ1v) is 6.66. The molecule has 1 N–H and O–H groups in total. The molecule has 0 atom stereocenters. The van der Waals surface area contributed by atoms with Crippen molar-refractivity contribution < 1.29 is 9.47 Å². The third-order valence-electron chi connectivity index (χ3n) is 3.40. The normalized spacial score (nSPS) is 10.2. The van der Waals surface area contributed by atoms with Gasteiger partial charge in [0, 0.05) is 12.2 Å². The van der Waals surface area contributed by atoms with Crippen LogP contribution in [0.4, 0.5) is 5.69 Å². The third-order valence-corrected chi connectivity index (χ3v) is 3.40. The summed E-state index contributed by atoms with van der Waals surface area (Å²) in [5.41, 5.74) is 4.86. The maximum absolute atomic E-state index is 5.32. The Kier molecular flexibility index (Phi) is 4.51. The average Bonchev–Trinajstić information content (AvgIpc) is 2.46. The highest BCUT2D eigenvalue weighted by Crippen LogP contribution is 2.28. The molecule has 20 heavy (non-hydrogen) atoms. The lowest BCUT2D eigenvalue weighted by molar-refractivity contribution is 0.354. The largest absolute Gasteiger partial charge is 0.493 e. The van der Waals surface area contributed by atoms with Crippen molar-refractivity contribution in [2.75, 3.05) is 19.5 Å². The van der Waals surface area contributed by atoms with Crippen LogP contribution in [0.25, 0.3) is 0 Å². The van der Waals surface area contributed by atoms with Crippen LogP contribution >= 0.6 is 0 Å². The van der Waals surface area contributed by atoms with E-state index in [2.05, 4.69) is 37.4 Å². The van der Waals surface area contributed by atoms with Gasteiger partial charge >= 0.3 is 0 Å². The Balaban J connectivity index is 2.15. The quantitative estimate of drug-likeness (QED) is 0.893. The number of ether oxygens (including phenoxy) is 2. The molecule has 0 aromatic heterocycles. The van der Waals surface area contributed by atoms with Crippen LogP contribution in [0.15, 0.2) is 36.4 Å². The first-order chi connectivity index (χ1) is 9.65. The van der Waals surface area contributed by atoms with E-state index in [1.165, 1.54) is 16.8 Å². The van der Waals surface area contributed by atoms with Gasteiger partial charge in [-0.2, -0.15) is 0 Å². The molecule has 2 aromatic rings. The fourth-order valence-corrected chi connectivity index (χ4v) is 2.27. The van der Waals surface area contributed by atoms with Crippen molar-refractivity contribution in [3.63, 3.8) is 0 Å². The number of benzene rings is 2. The molecule has 0 saturated carbocycles. The molecule has 0 aliphatic carbocycles. The summed E-state index contributed by atoms with van der Waals surface area (Å²) >= 11 is 0. The Hall–Kier alpha value is -2.16. The number of anilines is 1. The summed E-state index contributed by atoms with van der Waals surface area (Å²) in [4.78, 5) is 0. The summed E-state index contributed by atoms with van der Waals surface area (Å²) in [5.74, 6) is 1.51. The summed E-state index contributed by atoms with van der Waals surface area (Å²) in [6, 6.07) is 12.3. The van der Waals surface area contributed by atoms with Gasteiger partial charge in [-0.05, 0) is 42.7 Å². The first-order valence-electron chi connectivity index (χ1n) is 6.66. The molecule has 0 aliphatic rings. The molecule has 0 saturated heterocycles. The van der Waals surface area contributed by atoms with Crippen LogP contribution in [0.2, 0.25) is 0 Å². The molecule has 2 aromatic carbocycles. The summed E-state index contributed by atoms with van der Waals surface area (Å²) in [6.45, 7) is 4.99. The zero-order chi connectivity index (χ0) is 14.5. The smallest absolute Gasteiger partial charge is 0.161 e. The number of para-hydroxylation sites is 1. The minimum Gasteiger partial charge on any atom is -0.493 e. The molecule has 3 nitrogen and oxygen atoms in total. The summed E-state index contributed by atoms with van der Waals surface area (Å²) in [7, 11) is 3.30. The lowest BCUT2D eigenvalue weighted by Crippen LogP contribution is -2.03. The monoisotopic (exact) mass is 271 g/mol. The molecule has 0 radical (unpaired) electrons. The van der Waals surface area contributed by atoms with Crippen molar-refractivity contribution in [3.8, 4) is 11.5 Å². The minimum atomic E-state index is 0.753. The number of hydrogen-bond acceptors (Lipinski definition) is 3. The lowest BCUT2D eigenvalue weighted by Gasteiger charge is -2.14. The van der Waals surface area contributed by atoms with Gasteiger partial charge in [0.2, 0.25) is 0 Å². The lowest BCUT2D eigenvalue weighted by atomic mass is 10.1. The van der Waals surface area contributed by atoms with Gasteiger partial charge < -0.3 is 14.8 Å². The van der Waals surface area contributed by atoms with Gasteiger partial charge in [0.05, 0.1) is 14.2 Å². The molecule has 0 unspecified atom stereocenters. The van der Waals surface area contributed by atoms with Gasteiger partial charge in [-0.1, -0.05) is 24.3 Å². The molecule has 0 fully saturated rings. The van der Waals surface area contributed by atoms with E-state index in [4.69, 9.17) is 9.47 Å². The second kappa shape index (κ2) is 6.33. The number of hydrogen-bond donors (Lipinski definition) is 1. The highest BCUT2D eigenvalue weighted by Gasteiger charge is 2.06. The average molecular weight is 271 g/mol. The van der Waals surface area contributed by atoms with E-state index in [0.717, 1.165) is 23.6 Å². The third kappa shape index (κ3) is 3.05. The topological polar surface area (TPSA) is 30.5 Å². The van der Waals surface area contributed by atoms with Gasteiger partial charge in [-0.15, -0.1) is 0 Å². The van der Waals surface area contributed by atoms with Gasteiger partial charge in [-0.3, -0.25) is 0 Å². The second-order valence-corrected chi connectivity index (χ2v) is 4.81. The Morgan fingerprint density at radius 3 is 2.15 bits per heavy atom. The van der Waals surface area contributed by atoms with E-state index in [1.54, 1.807) is 14.2 Å². The Morgan fingerprint density at radius 2 is 1.55 bits per heavy atom. The van der Waals surface area contributed by atoms with Crippen molar-refractivity contribution in [2.45, 2.75) is 20.4 Å². The predicted molar refractivity (Wildman–Crippen MR) is 82.8 cm³/mol. The second-order valence-electron chi connectivity index (χ2n) is 4.81.